The Morgan fingerprint density at radius 2 is 1.85 bits per heavy atom. The Hall–Kier alpha value is -3.75. The topological polar surface area (TPSA) is 77.8 Å². The van der Waals surface area contributed by atoms with Gasteiger partial charge in [0, 0.05) is 62.4 Å². The van der Waals surface area contributed by atoms with Crippen molar-refractivity contribution in [3.63, 3.8) is 0 Å². The van der Waals surface area contributed by atoms with Crippen molar-refractivity contribution in [1.82, 2.24) is 30.1 Å². The van der Waals surface area contributed by atoms with E-state index in [0.717, 1.165) is 55.3 Å². The smallest absolute Gasteiger partial charge is 0.254 e. The second-order valence-electron chi connectivity index (χ2n) is 8.48. The molecular formula is C26H29N7O. The summed E-state index contributed by atoms with van der Waals surface area (Å²) in [6.07, 6.45) is 1.88. The number of aryl methyl sites for hydroxylation is 1. The highest BCUT2D eigenvalue weighted by Gasteiger charge is 2.18. The Morgan fingerprint density at radius 1 is 1.03 bits per heavy atom. The van der Waals surface area contributed by atoms with Gasteiger partial charge in [-0.05, 0) is 61.0 Å². The zero-order valence-electron chi connectivity index (χ0n) is 19.3. The van der Waals surface area contributed by atoms with Gasteiger partial charge in [-0.2, -0.15) is 4.98 Å². The van der Waals surface area contributed by atoms with E-state index in [1.54, 1.807) is 4.52 Å². The van der Waals surface area contributed by atoms with Crippen LogP contribution in [-0.4, -0.2) is 64.7 Å². The van der Waals surface area contributed by atoms with Gasteiger partial charge < -0.3 is 10.6 Å². The molecule has 34 heavy (non-hydrogen) atoms. The first-order valence-corrected chi connectivity index (χ1v) is 11.7. The van der Waals surface area contributed by atoms with Gasteiger partial charge in [0.2, 0.25) is 0 Å². The Bertz CT molecular complexity index is 1230. The highest BCUT2D eigenvalue weighted by molar-refractivity contribution is 5.94. The van der Waals surface area contributed by atoms with Crippen LogP contribution >= 0.6 is 0 Å². The molecule has 5 rings (SSSR count). The molecule has 1 aliphatic heterocycles. The number of amides is 1. The monoisotopic (exact) mass is 455 g/mol. The van der Waals surface area contributed by atoms with E-state index in [0.29, 0.717) is 18.1 Å². The minimum atomic E-state index is -0.0605. The molecule has 3 heterocycles. The van der Waals surface area contributed by atoms with Gasteiger partial charge in [0.05, 0.1) is 0 Å². The summed E-state index contributed by atoms with van der Waals surface area (Å²) in [4.78, 5) is 21.8. The van der Waals surface area contributed by atoms with Gasteiger partial charge in [0.15, 0.2) is 5.65 Å². The lowest BCUT2D eigenvalue weighted by atomic mass is 10.1. The molecule has 0 unspecified atom stereocenters. The van der Waals surface area contributed by atoms with Crippen LogP contribution in [0.2, 0.25) is 0 Å². The van der Waals surface area contributed by atoms with Crippen LogP contribution in [0.15, 0.2) is 72.9 Å². The van der Waals surface area contributed by atoms with Crippen molar-refractivity contribution in [2.75, 3.05) is 44.2 Å². The van der Waals surface area contributed by atoms with Crippen LogP contribution in [0.5, 0.6) is 0 Å². The zero-order valence-corrected chi connectivity index (χ0v) is 19.3. The van der Waals surface area contributed by atoms with Crippen molar-refractivity contribution >= 4 is 28.9 Å². The fourth-order valence-electron chi connectivity index (χ4n) is 4.19. The van der Waals surface area contributed by atoms with E-state index in [-0.39, 0.29) is 5.91 Å². The fourth-order valence-corrected chi connectivity index (χ4v) is 4.19. The summed E-state index contributed by atoms with van der Waals surface area (Å²) in [5.74, 6) is 0.514. The van der Waals surface area contributed by atoms with Crippen LogP contribution < -0.4 is 15.5 Å². The van der Waals surface area contributed by atoms with Crippen LogP contribution in [0, 0.1) is 6.92 Å². The van der Waals surface area contributed by atoms with Crippen LogP contribution in [0.3, 0.4) is 0 Å². The van der Waals surface area contributed by atoms with Crippen LogP contribution in [-0.2, 0) is 0 Å². The number of piperazine rings is 1. The molecule has 8 heteroatoms. The van der Waals surface area contributed by atoms with E-state index in [1.165, 1.54) is 0 Å². The van der Waals surface area contributed by atoms with Gasteiger partial charge in [0.1, 0.15) is 0 Å². The molecule has 1 amide bonds. The quantitative estimate of drug-likeness (QED) is 0.446. The normalized spacial score (nSPS) is 14.3. The molecule has 0 radical (unpaired) electrons. The summed E-state index contributed by atoms with van der Waals surface area (Å²) in [6, 6.07) is 21.6. The standard InChI is InChI=1S/C26H29N7O/c1-20-5-4-6-23(19-20)33(26-29-24-7-2-3-15-32(24)30-26)22-10-8-21(9-11-22)25(34)28-14-18-31-16-12-27-13-17-31/h2-11,15,19,27H,12-14,16-18H2,1H3,(H,28,34). The van der Waals surface area contributed by atoms with Gasteiger partial charge in [-0.15, -0.1) is 5.10 Å². The number of carbonyl (C=O) groups is 1. The summed E-state index contributed by atoms with van der Waals surface area (Å²) in [7, 11) is 0. The summed E-state index contributed by atoms with van der Waals surface area (Å²) in [5, 5.41) is 11.1. The van der Waals surface area contributed by atoms with Gasteiger partial charge in [0.25, 0.3) is 11.9 Å². The molecule has 0 bridgehead atoms. The third-order valence-electron chi connectivity index (χ3n) is 6.00. The highest BCUT2D eigenvalue weighted by atomic mass is 16.1. The zero-order chi connectivity index (χ0) is 23.3. The highest BCUT2D eigenvalue weighted by Crippen LogP contribution is 2.33. The molecule has 174 valence electrons. The van der Waals surface area contributed by atoms with Crippen molar-refractivity contribution in [2.45, 2.75) is 6.92 Å². The summed E-state index contributed by atoms with van der Waals surface area (Å²) >= 11 is 0. The van der Waals surface area contributed by atoms with E-state index in [2.05, 4.69) is 39.7 Å². The molecule has 0 aliphatic carbocycles. The second-order valence-corrected chi connectivity index (χ2v) is 8.48. The Kier molecular flexibility index (Phi) is 6.51. The van der Waals surface area contributed by atoms with Crippen molar-refractivity contribution < 1.29 is 4.79 Å². The maximum Gasteiger partial charge on any atom is 0.254 e. The number of fused-ring (bicyclic) bond motifs is 1. The van der Waals surface area contributed by atoms with E-state index < -0.39 is 0 Å². The minimum Gasteiger partial charge on any atom is -0.351 e. The predicted octanol–water partition coefficient (Wildman–Crippen LogP) is 3.14. The lowest BCUT2D eigenvalue weighted by molar-refractivity contribution is 0.0947. The number of aromatic nitrogens is 3. The first-order valence-electron chi connectivity index (χ1n) is 11.7. The van der Waals surface area contributed by atoms with Gasteiger partial charge in [-0.25, -0.2) is 4.52 Å². The largest absolute Gasteiger partial charge is 0.351 e. The maximum atomic E-state index is 12.7. The SMILES string of the molecule is Cc1cccc(N(c2ccc(C(=O)NCCN3CCNCC3)cc2)c2nc3ccccn3n2)c1. The Balaban J connectivity index is 1.36. The molecule has 1 saturated heterocycles. The maximum absolute atomic E-state index is 12.7. The van der Waals surface area contributed by atoms with Crippen LogP contribution in [0.4, 0.5) is 17.3 Å². The number of hydrogen-bond acceptors (Lipinski definition) is 6. The average molecular weight is 456 g/mol. The number of carbonyl (C=O) groups excluding carboxylic acids is 1. The number of benzene rings is 2. The minimum absolute atomic E-state index is 0.0605. The molecule has 2 aromatic carbocycles. The number of nitrogens with zero attached hydrogens (tertiary/aromatic N) is 5. The van der Waals surface area contributed by atoms with Crippen LogP contribution in [0.25, 0.3) is 5.65 Å². The van der Waals surface area contributed by atoms with E-state index in [4.69, 9.17) is 4.98 Å². The predicted molar refractivity (Wildman–Crippen MR) is 134 cm³/mol. The molecule has 2 N–H and O–H groups in total. The molecule has 0 spiro atoms. The number of pyridine rings is 1. The lowest BCUT2D eigenvalue weighted by Crippen LogP contribution is -2.46. The Morgan fingerprint density at radius 3 is 2.62 bits per heavy atom. The fraction of sp³-hybridized carbons (Fsp3) is 0.269. The molecular weight excluding hydrogens is 426 g/mol. The average Bonchev–Trinajstić information content (AvgIpc) is 3.29. The van der Waals surface area contributed by atoms with E-state index in [1.807, 2.05) is 65.7 Å². The van der Waals surface area contributed by atoms with Crippen molar-refractivity contribution in [1.29, 1.82) is 0 Å². The number of nitrogens with one attached hydrogen (secondary N) is 2. The summed E-state index contributed by atoms with van der Waals surface area (Å²) in [6.45, 7) is 7.63. The van der Waals surface area contributed by atoms with Crippen LogP contribution in [0.1, 0.15) is 15.9 Å². The third-order valence-corrected chi connectivity index (χ3v) is 6.00. The molecule has 1 fully saturated rings. The second kappa shape index (κ2) is 10.0. The van der Waals surface area contributed by atoms with E-state index >= 15 is 0 Å². The van der Waals surface area contributed by atoms with Crippen molar-refractivity contribution in [2.24, 2.45) is 0 Å². The molecule has 0 saturated carbocycles. The molecule has 0 atom stereocenters. The molecule has 2 aromatic heterocycles. The van der Waals surface area contributed by atoms with E-state index in [9.17, 15) is 4.79 Å². The van der Waals surface area contributed by atoms with Crippen molar-refractivity contribution in [3.05, 3.63) is 84.1 Å². The number of rotatable bonds is 7. The first-order chi connectivity index (χ1) is 16.7. The molecule has 1 aliphatic rings. The molecule has 4 aromatic rings. The summed E-state index contributed by atoms with van der Waals surface area (Å²) in [5.41, 5.74) is 4.40. The number of anilines is 3. The lowest BCUT2D eigenvalue weighted by Gasteiger charge is -2.27. The number of hydrogen-bond donors (Lipinski definition) is 2. The third kappa shape index (κ3) is 4.93. The van der Waals surface area contributed by atoms with Gasteiger partial charge >= 0.3 is 0 Å². The summed E-state index contributed by atoms with van der Waals surface area (Å²) < 4.78 is 1.76. The van der Waals surface area contributed by atoms with Gasteiger partial charge in [-0.3, -0.25) is 14.6 Å². The van der Waals surface area contributed by atoms with Gasteiger partial charge in [-0.1, -0.05) is 18.2 Å². The molecule has 8 nitrogen and oxygen atoms in total. The van der Waals surface area contributed by atoms with Crippen molar-refractivity contribution in [3.8, 4) is 0 Å². The first kappa shape index (κ1) is 22.1. The Labute approximate surface area is 199 Å².